The number of hydrazone groups is 1. The molecule has 0 bridgehead atoms. The first-order chi connectivity index (χ1) is 16.9. The molecule has 0 saturated carbocycles. The van der Waals surface area contributed by atoms with Crippen molar-refractivity contribution in [1.29, 1.82) is 0 Å². The van der Waals surface area contributed by atoms with Crippen LogP contribution in [0.5, 0.6) is 0 Å². The molecule has 1 amide bonds. The van der Waals surface area contributed by atoms with E-state index < -0.39 is 0 Å². The quantitative estimate of drug-likeness (QED) is 0.159. The van der Waals surface area contributed by atoms with E-state index in [1.807, 2.05) is 6.08 Å². The fraction of sp³-hybridized carbons (Fsp3) is 0.444. The zero-order valence-electron chi connectivity index (χ0n) is 20.8. The van der Waals surface area contributed by atoms with Gasteiger partial charge in [-0.1, -0.05) is 44.5 Å². The lowest BCUT2D eigenvalue weighted by atomic mass is 9.84. The second kappa shape index (κ2) is 12.5. The minimum Gasteiger partial charge on any atom is -0.372 e. The molecule has 0 radical (unpaired) electrons. The molecule has 0 spiro atoms. The van der Waals surface area contributed by atoms with E-state index in [-0.39, 0.29) is 17.4 Å². The number of nitrogens with two attached hydrogens (primary N) is 2. The molecular formula is C27H38N6O2. The normalized spacial score (nSPS) is 16.5. The van der Waals surface area contributed by atoms with Gasteiger partial charge in [-0.25, -0.2) is 10.8 Å². The number of ether oxygens (including phenoxy) is 1. The summed E-state index contributed by atoms with van der Waals surface area (Å²) in [6, 6.07) is 9.65. The molecule has 0 saturated heterocycles. The molecule has 188 valence electrons. The van der Waals surface area contributed by atoms with E-state index in [9.17, 15) is 4.79 Å². The van der Waals surface area contributed by atoms with Gasteiger partial charge < -0.3 is 21.3 Å². The Labute approximate surface area is 208 Å². The van der Waals surface area contributed by atoms with E-state index in [0.29, 0.717) is 24.5 Å². The molecule has 2 aromatic rings. The Bertz CT molecular complexity index is 1030. The molecule has 1 atom stereocenters. The average molecular weight is 479 g/mol. The van der Waals surface area contributed by atoms with Crippen LogP contribution in [0.4, 0.5) is 5.82 Å². The van der Waals surface area contributed by atoms with Crippen molar-refractivity contribution in [3.05, 3.63) is 71.4 Å². The van der Waals surface area contributed by atoms with Crippen LogP contribution in [0.15, 0.2) is 54.3 Å². The van der Waals surface area contributed by atoms with Gasteiger partial charge in [-0.05, 0) is 60.8 Å². The first-order valence-corrected chi connectivity index (χ1v) is 12.2. The van der Waals surface area contributed by atoms with Crippen molar-refractivity contribution in [3.8, 4) is 0 Å². The van der Waals surface area contributed by atoms with Crippen LogP contribution in [0.2, 0.25) is 0 Å². The number of pyridine rings is 1. The maximum Gasteiger partial charge on any atom is 0.252 e. The Hall–Kier alpha value is -3.23. The highest BCUT2D eigenvalue weighted by Gasteiger charge is 2.27. The van der Waals surface area contributed by atoms with Gasteiger partial charge in [-0.3, -0.25) is 4.79 Å². The predicted octanol–water partition coefficient (Wildman–Crippen LogP) is 3.72. The number of benzene rings is 1. The topological polar surface area (TPSA) is 128 Å². The Balaban J connectivity index is 1.42. The summed E-state index contributed by atoms with van der Waals surface area (Å²) in [7, 11) is 0. The number of amides is 1. The Kier molecular flexibility index (Phi) is 9.39. The molecule has 1 aliphatic carbocycles. The number of nitrogen functional groups attached to an aromatic ring is 1. The number of carbonyl (C=O) groups is 1. The lowest BCUT2D eigenvalue weighted by Gasteiger charge is -2.28. The zero-order chi connectivity index (χ0) is 25.3. The molecule has 1 unspecified atom stereocenters. The van der Waals surface area contributed by atoms with Gasteiger partial charge in [0.05, 0.1) is 11.3 Å². The number of hydrazine groups is 1. The van der Waals surface area contributed by atoms with Gasteiger partial charge in [-0.15, -0.1) is 6.58 Å². The molecule has 35 heavy (non-hydrogen) atoms. The summed E-state index contributed by atoms with van der Waals surface area (Å²) in [6.45, 7) is 9.42. The summed E-state index contributed by atoms with van der Waals surface area (Å²) in [5, 5.41) is 7.10. The minimum atomic E-state index is -0.139. The van der Waals surface area contributed by atoms with Crippen molar-refractivity contribution in [2.75, 3.05) is 18.6 Å². The molecule has 1 aromatic carbocycles. The molecule has 1 aliphatic rings. The Morgan fingerprint density at radius 2 is 2.14 bits per heavy atom. The summed E-state index contributed by atoms with van der Waals surface area (Å²) in [4.78, 5) is 16.5. The van der Waals surface area contributed by atoms with Crippen molar-refractivity contribution in [3.63, 3.8) is 0 Å². The zero-order valence-corrected chi connectivity index (χ0v) is 20.8. The predicted molar refractivity (Wildman–Crippen MR) is 141 cm³/mol. The number of hydrogen-bond acceptors (Lipinski definition) is 7. The van der Waals surface area contributed by atoms with Crippen LogP contribution >= 0.6 is 0 Å². The molecule has 8 heteroatoms. The van der Waals surface area contributed by atoms with Crippen molar-refractivity contribution >= 4 is 17.4 Å². The van der Waals surface area contributed by atoms with Gasteiger partial charge in [0, 0.05) is 24.9 Å². The Morgan fingerprint density at radius 1 is 1.31 bits per heavy atom. The van der Waals surface area contributed by atoms with Crippen LogP contribution in [-0.4, -0.2) is 35.9 Å². The van der Waals surface area contributed by atoms with Crippen molar-refractivity contribution < 1.29 is 9.53 Å². The van der Waals surface area contributed by atoms with Crippen LogP contribution < -0.4 is 22.4 Å². The number of carbonyl (C=O) groups excluding carboxylic acids is 1. The summed E-state index contributed by atoms with van der Waals surface area (Å²) >= 11 is 0. The molecule has 0 fully saturated rings. The number of rotatable bonds is 12. The number of anilines is 1. The van der Waals surface area contributed by atoms with Crippen molar-refractivity contribution in [2.24, 2.45) is 22.2 Å². The van der Waals surface area contributed by atoms with E-state index in [1.54, 1.807) is 12.1 Å². The van der Waals surface area contributed by atoms with E-state index in [4.69, 9.17) is 16.4 Å². The van der Waals surface area contributed by atoms with Gasteiger partial charge in [0.25, 0.3) is 5.91 Å². The third-order valence-electron chi connectivity index (χ3n) is 6.48. The van der Waals surface area contributed by atoms with Gasteiger partial charge in [0.15, 0.2) is 0 Å². The number of nitrogens with one attached hydrogen (secondary N) is 2. The Morgan fingerprint density at radius 3 is 2.83 bits per heavy atom. The van der Waals surface area contributed by atoms with Crippen LogP contribution in [0, 0.1) is 5.41 Å². The highest BCUT2D eigenvalue weighted by Crippen LogP contribution is 2.28. The second-order valence-corrected chi connectivity index (χ2v) is 9.73. The number of aromatic nitrogens is 1. The largest absolute Gasteiger partial charge is 0.372 e. The fourth-order valence-corrected chi connectivity index (χ4v) is 4.47. The van der Waals surface area contributed by atoms with E-state index in [0.717, 1.165) is 49.8 Å². The highest BCUT2D eigenvalue weighted by atomic mass is 16.5. The van der Waals surface area contributed by atoms with Crippen molar-refractivity contribution in [2.45, 2.75) is 58.5 Å². The van der Waals surface area contributed by atoms with E-state index in [1.165, 1.54) is 17.3 Å². The maximum atomic E-state index is 12.4. The monoisotopic (exact) mass is 478 g/mol. The smallest absolute Gasteiger partial charge is 0.252 e. The van der Waals surface area contributed by atoms with E-state index in [2.05, 4.69) is 59.5 Å². The summed E-state index contributed by atoms with van der Waals surface area (Å²) in [5.41, 5.74) is 7.46. The van der Waals surface area contributed by atoms with Crippen LogP contribution in [0.3, 0.4) is 0 Å². The maximum absolute atomic E-state index is 12.4. The molecule has 8 nitrogen and oxygen atoms in total. The summed E-state index contributed by atoms with van der Waals surface area (Å²) in [5.74, 6) is 11.5. The lowest BCUT2D eigenvalue weighted by Crippen LogP contribution is -2.34. The molecule has 6 N–H and O–H groups in total. The first-order valence-electron chi connectivity index (χ1n) is 12.2. The van der Waals surface area contributed by atoms with Crippen LogP contribution in [0.1, 0.15) is 66.6 Å². The highest BCUT2D eigenvalue weighted by molar-refractivity contribution is 6.06. The number of hydrogen-bond donors (Lipinski definition) is 4. The lowest BCUT2D eigenvalue weighted by molar-refractivity contribution is 0.0846. The third-order valence-corrected chi connectivity index (χ3v) is 6.48. The number of unbranched alkanes of at least 4 members (excludes halogenated alkanes) is 1. The molecule has 1 heterocycles. The van der Waals surface area contributed by atoms with Gasteiger partial charge in [0.1, 0.15) is 11.9 Å². The van der Waals surface area contributed by atoms with Gasteiger partial charge in [0.2, 0.25) is 0 Å². The number of fused-ring (bicyclic) bond motifs is 1. The molecular weight excluding hydrogens is 440 g/mol. The minimum absolute atomic E-state index is 0.0307. The molecule has 0 aliphatic heterocycles. The third kappa shape index (κ3) is 7.13. The van der Waals surface area contributed by atoms with Gasteiger partial charge >= 0.3 is 0 Å². The number of allylic oxidation sites excluding steroid dienone is 1. The van der Waals surface area contributed by atoms with E-state index >= 15 is 0 Å². The second-order valence-electron chi connectivity index (χ2n) is 9.73. The standard InChI is InChI=1S/C27H38N6O2/c1-4-8-19-9-7-10-22-21(19)12-13-23(25(22)33-29)35-16-6-5-15-27(2,3)18-31-26(34)20-11-14-24(32-28)30-17-20/h4,7,9-11,14,17,23H,1,5-6,8,12-13,15-16,18,28-29H2,2-3H3,(H,30,32)(H,31,34). The summed E-state index contributed by atoms with van der Waals surface area (Å²) in [6.07, 6.45) is 8.96. The van der Waals surface area contributed by atoms with Gasteiger partial charge in [-0.2, -0.15) is 5.10 Å². The summed E-state index contributed by atoms with van der Waals surface area (Å²) < 4.78 is 6.21. The fourth-order valence-electron chi connectivity index (χ4n) is 4.47. The van der Waals surface area contributed by atoms with Crippen LogP contribution in [0.25, 0.3) is 0 Å². The number of nitrogens with zero attached hydrogens (tertiary/aromatic N) is 2. The first kappa shape index (κ1) is 26.4. The molecule has 1 aromatic heterocycles. The SMILES string of the molecule is C=CCc1cccc2c1CCC(OCCCCC(C)(C)CNC(=O)c1ccc(NN)nc1)C2=NN. The van der Waals surface area contributed by atoms with Crippen molar-refractivity contribution in [1.82, 2.24) is 10.3 Å². The van der Waals surface area contributed by atoms with Crippen LogP contribution in [-0.2, 0) is 17.6 Å². The molecule has 3 rings (SSSR count). The average Bonchev–Trinajstić information content (AvgIpc) is 2.87.